The van der Waals surface area contributed by atoms with Gasteiger partial charge in [-0.1, -0.05) is 6.92 Å². The lowest BCUT2D eigenvalue weighted by Gasteiger charge is -2.06. The molecule has 0 saturated heterocycles. The van der Waals surface area contributed by atoms with Gasteiger partial charge < -0.3 is 21.3 Å². The van der Waals surface area contributed by atoms with Gasteiger partial charge in [-0.2, -0.15) is 0 Å². The molecule has 1 rings (SSSR count). The molecule has 21 heavy (non-hydrogen) atoms. The number of anilines is 1. The zero-order valence-electron chi connectivity index (χ0n) is 12.8. The molecule has 0 aliphatic rings. The van der Waals surface area contributed by atoms with Gasteiger partial charge >= 0.3 is 5.97 Å². The van der Waals surface area contributed by atoms with Gasteiger partial charge in [-0.15, -0.1) is 0 Å². The van der Waals surface area contributed by atoms with Crippen molar-refractivity contribution in [2.24, 2.45) is 5.73 Å². The predicted molar refractivity (Wildman–Crippen MR) is 82.5 cm³/mol. The van der Waals surface area contributed by atoms with E-state index in [1.807, 2.05) is 6.92 Å². The number of hydrogen-bond donors (Lipinski definition) is 3. The Bertz CT molecular complexity index is 473. The molecule has 1 aromatic rings. The highest BCUT2D eigenvalue weighted by molar-refractivity contribution is 6.02. The quantitative estimate of drug-likeness (QED) is 0.546. The van der Waals surface area contributed by atoms with Gasteiger partial charge in [0.1, 0.15) is 5.75 Å². The number of carbonyl (C=O) groups is 2. The van der Waals surface area contributed by atoms with E-state index >= 15 is 0 Å². The molecule has 6 nitrogen and oxygen atoms in total. The maximum Gasteiger partial charge on any atom is 0.303 e. The molecule has 0 fully saturated rings. The van der Waals surface area contributed by atoms with E-state index in [-0.39, 0.29) is 18.6 Å². The molecule has 1 unspecified atom stereocenters. The van der Waals surface area contributed by atoms with Crippen molar-refractivity contribution in [3.63, 3.8) is 0 Å². The second-order valence-corrected chi connectivity index (χ2v) is 4.66. The van der Waals surface area contributed by atoms with E-state index in [2.05, 4.69) is 6.92 Å². The Morgan fingerprint density at radius 3 is 2.33 bits per heavy atom. The molecule has 0 bridgehead atoms. The molecule has 1 atom stereocenters. The summed E-state index contributed by atoms with van der Waals surface area (Å²) in [7, 11) is 1.48. The average molecular weight is 296 g/mol. The number of nitrogens with two attached hydrogens (primary N) is 2. The summed E-state index contributed by atoms with van der Waals surface area (Å²) in [5, 5.41) is 8.47. The number of benzene rings is 1. The number of methoxy groups -OCH3 is 1. The molecule has 5 N–H and O–H groups in total. The minimum absolute atomic E-state index is 0.0628. The van der Waals surface area contributed by atoms with Gasteiger partial charge in [0, 0.05) is 23.7 Å². The second-order valence-electron chi connectivity index (χ2n) is 4.66. The van der Waals surface area contributed by atoms with E-state index in [9.17, 15) is 9.59 Å². The summed E-state index contributed by atoms with van der Waals surface area (Å²) >= 11 is 0. The Labute approximate surface area is 125 Å². The van der Waals surface area contributed by atoms with Crippen molar-refractivity contribution in [2.45, 2.75) is 39.2 Å². The number of ether oxygens (including phenoxy) is 1. The Hall–Kier alpha value is -2.08. The molecular formula is C15H24N2O4. The highest BCUT2D eigenvalue weighted by Gasteiger charge is 2.12. The molecular weight excluding hydrogens is 272 g/mol. The van der Waals surface area contributed by atoms with Gasteiger partial charge in [-0.3, -0.25) is 9.59 Å². The molecule has 0 aliphatic carbocycles. The Kier molecular flexibility index (Phi) is 8.80. The van der Waals surface area contributed by atoms with Crippen LogP contribution in [0.5, 0.6) is 5.75 Å². The summed E-state index contributed by atoms with van der Waals surface area (Å²) in [4.78, 5) is 22.0. The third-order valence-electron chi connectivity index (χ3n) is 2.77. The first-order valence-electron chi connectivity index (χ1n) is 6.75. The third-order valence-corrected chi connectivity index (χ3v) is 2.77. The fourth-order valence-corrected chi connectivity index (χ4v) is 1.26. The first-order chi connectivity index (χ1) is 9.81. The fourth-order valence-electron chi connectivity index (χ4n) is 1.26. The number of rotatable bonds is 6. The number of carbonyl (C=O) groups excluding carboxylic acids is 1. The van der Waals surface area contributed by atoms with E-state index in [1.165, 1.54) is 13.2 Å². The molecule has 0 aromatic heterocycles. The van der Waals surface area contributed by atoms with Gasteiger partial charge in [-0.25, -0.2) is 0 Å². The predicted octanol–water partition coefficient (Wildman–Crippen LogP) is 2.07. The van der Waals surface area contributed by atoms with Crippen LogP contribution in [-0.2, 0) is 4.79 Å². The van der Waals surface area contributed by atoms with Crippen LogP contribution in [0.15, 0.2) is 18.2 Å². The Morgan fingerprint density at radius 1 is 1.33 bits per heavy atom. The summed E-state index contributed by atoms with van der Waals surface area (Å²) in [5.74, 6) is -0.776. The summed E-state index contributed by atoms with van der Waals surface area (Å²) in [6, 6.07) is 5.10. The Balaban J connectivity index is 0.000000690. The SMILES string of the molecule is CCC(C)N.COc1ccc(N)c(C(=O)CCC(=O)O)c1. The van der Waals surface area contributed by atoms with Crippen LogP contribution in [0.1, 0.15) is 43.5 Å². The zero-order chi connectivity index (χ0) is 16.4. The molecule has 0 saturated carbocycles. The van der Waals surface area contributed by atoms with Crippen LogP contribution in [0.3, 0.4) is 0 Å². The molecule has 6 heteroatoms. The molecule has 118 valence electrons. The average Bonchev–Trinajstić information content (AvgIpc) is 2.45. The van der Waals surface area contributed by atoms with Crippen LogP contribution in [0.25, 0.3) is 0 Å². The highest BCUT2D eigenvalue weighted by Crippen LogP contribution is 2.21. The molecule has 0 heterocycles. The van der Waals surface area contributed by atoms with E-state index in [0.717, 1.165) is 6.42 Å². The molecule has 0 amide bonds. The van der Waals surface area contributed by atoms with Gasteiger partial charge in [0.15, 0.2) is 5.78 Å². The van der Waals surface area contributed by atoms with Gasteiger partial charge in [-0.05, 0) is 31.5 Å². The van der Waals surface area contributed by atoms with Gasteiger partial charge in [0.2, 0.25) is 0 Å². The lowest BCUT2D eigenvalue weighted by molar-refractivity contribution is -0.136. The zero-order valence-corrected chi connectivity index (χ0v) is 12.8. The number of Topliss-reactive ketones (excluding diaryl/α,β-unsaturated/α-hetero) is 1. The van der Waals surface area contributed by atoms with E-state index < -0.39 is 5.97 Å². The standard InChI is InChI=1S/C11H13NO4.C4H11N/c1-16-7-2-3-9(12)8(6-7)10(13)4-5-11(14)15;1-3-4(2)5/h2-3,6H,4-5,12H2,1H3,(H,14,15);4H,3,5H2,1-2H3. The number of carboxylic acids is 1. The maximum absolute atomic E-state index is 11.6. The van der Waals surface area contributed by atoms with Gasteiger partial charge in [0.05, 0.1) is 13.5 Å². The van der Waals surface area contributed by atoms with E-state index in [0.29, 0.717) is 23.0 Å². The van der Waals surface area contributed by atoms with Crippen LogP contribution in [0.4, 0.5) is 5.69 Å². The summed E-state index contributed by atoms with van der Waals surface area (Å²) in [6.45, 7) is 4.07. The van der Waals surface area contributed by atoms with Crippen molar-refractivity contribution in [2.75, 3.05) is 12.8 Å². The summed E-state index contributed by atoms with van der Waals surface area (Å²) in [5.41, 5.74) is 11.6. The number of hydrogen-bond acceptors (Lipinski definition) is 5. The minimum atomic E-state index is -1.00. The van der Waals surface area contributed by atoms with Crippen LogP contribution in [0, 0.1) is 0 Å². The number of nitrogen functional groups attached to an aromatic ring is 1. The molecule has 1 aromatic carbocycles. The molecule has 0 radical (unpaired) electrons. The smallest absolute Gasteiger partial charge is 0.303 e. The van der Waals surface area contributed by atoms with Crippen molar-refractivity contribution in [3.8, 4) is 5.75 Å². The first-order valence-corrected chi connectivity index (χ1v) is 6.75. The second kappa shape index (κ2) is 9.77. The lowest BCUT2D eigenvalue weighted by atomic mass is 10.0. The fraction of sp³-hybridized carbons (Fsp3) is 0.467. The van der Waals surface area contributed by atoms with Crippen LogP contribution in [0.2, 0.25) is 0 Å². The van der Waals surface area contributed by atoms with Crippen LogP contribution < -0.4 is 16.2 Å². The molecule has 0 aliphatic heterocycles. The number of aliphatic carboxylic acids is 1. The normalized spacial score (nSPS) is 11.0. The van der Waals surface area contributed by atoms with Crippen molar-refractivity contribution in [1.29, 1.82) is 0 Å². The Morgan fingerprint density at radius 2 is 1.90 bits per heavy atom. The maximum atomic E-state index is 11.6. The largest absolute Gasteiger partial charge is 0.497 e. The first kappa shape index (κ1) is 18.9. The topological polar surface area (TPSA) is 116 Å². The summed E-state index contributed by atoms with van der Waals surface area (Å²) in [6.07, 6.45) is 0.822. The van der Waals surface area contributed by atoms with Crippen molar-refractivity contribution in [1.82, 2.24) is 0 Å². The van der Waals surface area contributed by atoms with Crippen molar-refractivity contribution in [3.05, 3.63) is 23.8 Å². The van der Waals surface area contributed by atoms with Crippen LogP contribution in [-0.4, -0.2) is 30.0 Å². The van der Waals surface area contributed by atoms with Crippen molar-refractivity contribution >= 4 is 17.4 Å². The third kappa shape index (κ3) is 7.94. The highest BCUT2D eigenvalue weighted by atomic mass is 16.5. The number of ketones is 1. The van der Waals surface area contributed by atoms with Gasteiger partial charge in [0.25, 0.3) is 0 Å². The van der Waals surface area contributed by atoms with Crippen LogP contribution >= 0.6 is 0 Å². The van der Waals surface area contributed by atoms with E-state index in [4.69, 9.17) is 21.3 Å². The van der Waals surface area contributed by atoms with E-state index in [1.54, 1.807) is 12.1 Å². The van der Waals surface area contributed by atoms with Crippen molar-refractivity contribution < 1.29 is 19.4 Å². The molecule has 0 spiro atoms. The number of carboxylic acid groups (broad SMARTS) is 1. The lowest BCUT2D eigenvalue weighted by Crippen LogP contribution is -2.11. The summed E-state index contributed by atoms with van der Waals surface area (Å²) < 4.78 is 4.96. The minimum Gasteiger partial charge on any atom is -0.497 e. The monoisotopic (exact) mass is 296 g/mol.